The molecule has 0 spiro atoms. The van der Waals surface area contributed by atoms with Crippen molar-refractivity contribution in [3.8, 4) is 0 Å². The summed E-state index contributed by atoms with van der Waals surface area (Å²) in [6.07, 6.45) is 8.60. The van der Waals surface area contributed by atoms with Gasteiger partial charge in [0.05, 0.1) is 23.5 Å². The third-order valence-corrected chi connectivity index (χ3v) is 5.00. The molecule has 0 atom stereocenters. The number of carbonyl (C=O) groups excluding carboxylic acids is 1. The number of primary amides is 1. The fourth-order valence-corrected chi connectivity index (χ4v) is 3.55. The zero-order valence-corrected chi connectivity index (χ0v) is 15.6. The first kappa shape index (κ1) is 18.6. The molecule has 0 aromatic carbocycles. The van der Waals surface area contributed by atoms with Gasteiger partial charge < -0.3 is 15.4 Å². The van der Waals surface area contributed by atoms with Gasteiger partial charge in [-0.3, -0.25) is 9.78 Å². The lowest BCUT2D eigenvalue weighted by atomic mass is 9.92. The van der Waals surface area contributed by atoms with Crippen LogP contribution >= 0.6 is 0 Å². The van der Waals surface area contributed by atoms with E-state index in [0.717, 1.165) is 61.5 Å². The molecular weight excluding hydrogens is 328 g/mol. The van der Waals surface area contributed by atoms with E-state index < -0.39 is 5.91 Å². The van der Waals surface area contributed by atoms with Crippen molar-refractivity contribution in [2.24, 2.45) is 11.7 Å². The molecule has 2 N–H and O–H groups in total. The first-order valence-corrected chi connectivity index (χ1v) is 9.45. The Hall–Kier alpha value is -2.21. The van der Waals surface area contributed by atoms with Crippen molar-refractivity contribution in [3.63, 3.8) is 0 Å². The monoisotopic (exact) mass is 356 g/mol. The number of pyridine rings is 2. The predicted octanol–water partition coefficient (Wildman–Crippen LogP) is 3.15. The van der Waals surface area contributed by atoms with Crippen LogP contribution in [0.3, 0.4) is 0 Å². The minimum absolute atomic E-state index is 0.296. The maximum atomic E-state index is 11.5. The van der Waals surface area contributed by atoms with E-state index in [0.29, 0.717) is 11.8 Å². The smallest absolute Gasteiger partial charge is 0.267 e. The minimum atomic E-state index is -0.503. The summed E-state index contributed by atoms with van der Waals surface area (Å²) >= 11 is 0. The number of fused-ring (bicyclic) bond motifs is 1. The summed E-state index contributed by atoms with van der Waals surface area (Å²) in [6, 6.07) is 3.52. The van der Waals surface area contributed by atoms with Crippen LogP contribution in [0.1, 0.15) is 50.0 Å². The third kappa shape index (κ3) is 4.49. The Bertz CT molecular complexity index is 755. The number of hydrogen-bond acceptors (Lipinski definition) is 5. The summed E-state index contributed by atoms with van der Waals surface area (Å²) in [7, 11) is 0. The van der Waals surface area contributed by atoms with Gasteiger partial charge >= 0.3 is 0 Å². The molecule has 1 aliphatic rings. The number of nitrogens with zero attached hydrogens (tertiary/aromatic N) is 3. The van der Waals surface area contributed by atoms with Gasteiger partial charge in [0.15, 0.2) is 0 Å². The van der Waals surface area contributed by atoms with Crippen LogP contribution in [0, 0.1) is 5.92 Å². The van der Waals surface area contributed by atoms with Gasteiger partial charge in [-0.05, 0) is 57.6 Å². The summed E-state index contributed by atoms with van der Waals surface area (Å²) in [5.74, 6) is 0.246. The number of anilines is 1. The van der Waals surface area contributed by atoms with Crippen molar-refractivity contribution >= 4 is 22.5 Å². The van der Waals surface area contributed by atoms with Gasteiger partial charge in [-0.2, -0.15) is 0 Å². The Labute approximate surface area is 154 Å². The van der Waals surface area contributed by atoms with E-state index in [-0.39, 0.29) is 0 Å². The Morgan fingerprint density at radius 2 is 2.08 bits per heavy atom. The fourth-order valence-electron chi connectivity index (χ4n) is 3.55. The number of hydrogen-bond donors (Lipinski definition) is 1. The molecule has 1 amide bonds. The summed E-state index contributed by atoms with van der Waals surface area (Å²) in [4.78, 5) is 22.6. The van der Waals surface area contributed by atoms with E-state index in [1.54, 1.807) is 12.3 Å². The number of amides is 1. The first-order valence-electron chi connectivity index (χ1n) is 9.45. The van der Waals surface area contributed by atoms with Gasteiger partial charge in [-0.25, -0.2) is 4.98 Å². The highest BCUT2D eigenvalue weighted by Crippen LogP contribution is 2.30. The molecular formula is C20H28N4O2. The van der Waals surface area contributed by atoms with Crippen molar-refractivity contribution in [2.45, 2.75) is 45.6 Å². The Balaban J connectivity index is 1.64. The fraction of sp³-hybridized carbons (Fsp3) is 0.550. The third-order valence-electron chi connectivity index (χ3n) is 5.00. The van der Waals surface area contributed by atoms with Gasteiger partial charge in [-0.1, -0.05) is 0 Å². The molecule has 140 valence electrons. The molecule has 6 heteroatoms. The second-order valence-corrected chi connectivity index (χ2v) is 7.28. The van der Waals surface area contributed by atoms with E-state index in [1.807, 2.05) is 12.3 Å². The minimum Gasteiger partial charge on any atom is -0.379 e. The number of piperidine rings is 1. The average molecular weight is 356 g/mol. The lowest BCUT2D eigenvalue weighted by Crippen LogP contribution is -2.34. The highest BCUT2D eigenvalue weighted by atomic mass is 16.5. The molecule has 0 bridgehead atoms. The SMILES string of the molecule is CC(C)OCCCC1CCN(c2cncc3ccc(C(N)=O)nc23)CC1. The normalized spacial score (nSPS) is 15.7. The summed E-state index contributed by atoms with van der Waals surface area (Å²) in [5.41, 5.74) is 7.48. The van der Waals surface area contributed by atoms with Gasteiger partial charge in [0.2, 0.25) is 0 Å². The van der Waals surface area contributed by atoms with E-state index >= 15 is 0 Å². The van der Waals surface area contributed by atoms with E-state index in [9.17, 15) is 4.79 Å². The zero-order valence-electron chi connectivity index (χ0n) is 15.6. The molecule has 0 saturated carbocycles. The topological polar surface area (TPSA) is 81.3 Å². The molecule has 2 aromatic heterocycles. The quantitative estimate of drug-likeness (QED) is 0.771. The van der Waals surface area contributed by atoms with Crippen LogP contribution in [-0.2, 0) is 4.74 Å². The number of rotatable bonds is 7. The number of ether oxygens (including phenoxy) is 1. The Morgan fingerprint density at radius 3 is 2.77 bits per heavy atom. The highest BCUT2D eigenvalue weighted by molar-refractivity contribution is 5.96. The maximum Gasteiger partial charge on any atom is 0.267 e. The lowest BCUT2D eigenvalue weighted by molar-refractivity contribution is 0.0729. The van der Waals surface area contributed by atoms with Crippen molar-refractivity contribution in [3.05, 3.63) is 30.2 Å². The van der Waals surface area contributed by atoms with Crippen LogP contribution in [-0.4, -0.2) is 41.7 Å². The van der Waals surface area contributed by atoms with Crippen molar-refractivity contribution in [2.75, 3.05) is 24.6 Å². The van der Waals surface area contributed by atoms with Crippen LogP contribution < -0.4 is 10.6 Å². The van der Waals surface area contributed by atoms with Crippen LogP contribution in [0.25, 0.3) is 10.9 Å². The second-order valence-electron chi connectivity index (χ2n) is 7.28. The summed E-state index contributed by atoms with van der Waals surface area (Å²) in [6.45, 7) is 6.98. The molecule has 1 aliphatic heterocycles. The highest BCUT2D eigenvalue weighted by Gasteiger charge is 2.21. The molecule has 1 saturated heterocycles. The first-order chi connectivity index (χ1) is 12.5. The number of aromatic nitrogens is 2. The largest absolute Gasteiger partial charge is 0.379 e. The van der Waals surface area contributed by atoms with Gasteiger partial charge in [0.1, 0.15) is 5.69 Å². The Kier molecular flexibility index (Phi) is 6.04. The van der Waals surface area contributed by atoms with Crippen LogP contribution in [0.4, 0.5) is 5.69 Å². The molecule has 0 aliphatic carbocycles. The van der Waals surface area contributed by atoms with Gasteiger partial charge in [0, 0.05) is 31.3 Å². The van der Waals surface area contributed by atoms with Crippen LogP contribution in [0.5, 0.6) is 0 Å². The Morgan fingerprint density at radius 1 is 1.31 bits per heavy atom. The molecule has 6 nitrogen and oxygen atoms in total. The van der Waals surface area contributed by atoms with E-state index in [2.05, 4.69) is 28.7 Å². The summed E-state index contributed by atoms with van der Waals surface area (Å²) < 4.78 is 5.64. The molecule has 3 rings (SSSR count). The van der Waals surface area contributed by atoms with Crippen molar-refractivity contribution < 1.29 is 9.53 Å². The number of nitrogens with two attached hydrogens (primary N) is 1. The zero-order chi connectivity index (χ0) is 18.5. The lowest BCUT2D eigenvalue weighted by Gasteiger charge is -2.33. The van der Waals surface area contributed by atoms with Crippen molar-refractivity contribution in [1.82, 2.24) is 9.97 Å². The molecule has 0 unspecified atom stereocenters. The van der Waals surface area contributed by atoms with Crippen LogP contribution in [0.2, 0.25) is 0 Å². The average Bonchev–Trinajstić information content (AvgIpc) is 2.64. The number of carbonyl (C=O) groups is 1. The molecule has 2 aromatic rings. The predicted molar refractivity (Wildman–Crippen MR) is 103 cm³/mol. The van der Waals surface area contributed by atoms with Crippen LogP contribution in [0.15, 0.2) is 24.5 Å². The molecule has 26 heavy (non-hydrogen) atoms. The molecule has 1 fully saturated rings. The van der Waals surface area contributed by atoms with E-state index in [1.165, 1.54) is 6.42 Å². The molecule has 0 radical (unpaired) electrons. The van der Waals surface area contributed by atoms with Crippen molar-refractivity contribution in [1.29, 1.82) is 0 Å². The summed E-state index contributed by atoms with van der Waals surface area (Å²) in [5, 5.41) is 0.931. The molecule has 3 heterocycles. The maximum absolute atomic E-state index is 11.5. The standard InChI is InChI=1S/C20H28N4O2/c1-14(2)26-11-3-4-15-7-9-24(10-8-15)18-13-22-12-16-5-6-17(20(21)25)23-19(16)18/h5-6,12-15H,3-4,7-11H2,1-2H3,(H2,21,25). The second kappa shape index (κ2) is 8.45. The van der Waals surface area contributed by atoms with E-state index in [4.69, 9.17) is 10.5 Å². The van der Waals surface area contributed by atoms with Gasteiger partial charge in [-0.15, -0.1) is 0 Å². The van der Waals surface area contributed by atoms with Gasteiger partial charge in [0.25, 0.3) is 5.91 Å².